The SMILES string of the molecule is COCc1ccccc1[C@@H](CC(=O)O)NC(C)=O. The van der Waals surface area contributed by atoms with Gasteiger partial charge in [-0.1, -0.05) is 24.3 Å². The zero-order valence-corrected chi connectivity index (χ0v) is 10.5. The lowest BCUT2D eigenvalue weighted by Gasteiger charge is -2.19. The molecule has 0 radical (unpaired) electrons. The topological polar surface area (TPSA) is 75.6 Å². The highest BCUT2D eigenvalue weighted by Gasteiger charge is 2.19. The van der Waals surface area contributed by atoms with Gasteiger partial charge in [0, 0.05) is 14.0 Å². The molecule has 98 valence electrons. The van der Waals surface area contributed by atoms with Crippen molar-refractivity contribution >= 4 is 11.9 Å². The van der Waals surface area contributed by atoms with Gasteiger partial charge in [0.2, 0.25) is 5.91 Å². The fourth-order valence-electron chi connectivity index (χ4n) is 1.82. The first kappa shape index (κ1) is 14.2. The zero-order chi connectivity index (χ0) is 13.5. The van der Waals surface area contributed by atoms with Crippen LogP contribution in [0.3, 0.4) is 0 Å². The number of carboxylic acid groups (broad SMARTS) is 1. The van der Waals surface area contributed by atoms with Crippen LogP contribution in [-0.2, 0) is 20.9 Å². The molecule has 0 spiro atoms. The van der Waals surface area contributed by atoms with Crippen molar-refractivity contribution in [3.63, 3.8) is 0 Å². The molecule has 5 nitrogen and oxygen atoms in total. The second kappa shape index (κ2) is 6.76. The van der Waals surface area contributed by atoms with E-state index >= 15 is 0 Å². The van der Waals surface area contributed by atoms with Crippen LogP contribution in [0.1, 0.15) is 30.5 Å². The molecule has 0 saturated heterocycles. The lowest BCUT2D eigenvalue weighted by atomic mass is 9.98. The van der Waals surface area contributed by atoms with Gasteiger partial charge in [-0.05, 0) is 11.1 Å². The molecule has 18 heavy (non-hydrogen) atoms. The predicted octanol–water partition coefficient (Wildman–Crippen LogP) is 1.48. The first-order valence-corrected chi connectivity index (χ1v) is 5.60. The Morgan fingerprint density at radius 1 is 1.39 bits per heavy atom. The van der Waals surface area contributed by atoms with Gasteiger partial charge in [0.05, 0.1) is 19.1 Å². The molecule has 1 aromatic rings. The van der Waals surface area contributed by atoms with Gasteiger partial charge in [-0.15, -0.1) is 0 Å². The van der Waals surface area contributed by atoms with E-state index in [9.17, 15) is 9.59 Å². The minimum atomic E-state index is -0.957. The normalized spacial score (nSPS) is 11.9. The van der Waals surface area contributed by atoms with Crippen LogP contribution >= 0.6 is 0 Å². The number of carbonyl (C=O) groups excluding carboxylic acids is 1. The number of ether oxygens (including phenoxy) is 1. The monoisotopic (exact) mass is 251 g/mol. The average Bonchev–Trinajstić information content (AvgIpc) is 2.28. The van der Waals surface area contributed by atoms with Gasteiger partial charge in [-0.2, -0.15) is 0 Å². The van der Waals surface area contributed by atoms with Crippen molar-refractivity contribution < 1.29 is 19.4 Å². The summed E-state index contributed by atoms with van der Waals surface area (Å²) in [6.07, 6.45) is -0.152. The average molecular weight is 251 g/mol. The molecular weight excluding hydrogens is 234 g/mol. The van der Waals surface area contributed by atoms with Crippen molar-refractivity contribution in [2.45, 2.75) is 26.0 Å². The van der Waals surface area contributed by atoms with Gasteiger partial charge >= 0.3 is 5.97 Å². The summed E-state index contributed by atoms with van der Waals surface area (Å²) in [6.45, 7) is 1.75. The molecule has 0 saturated carbocycles. The van der Waals surface area contributed by atoms with E-state index in [1.54, 1.807) is 13.2 Å². The van der Waals surface area contributed by atoms with E-state index in [0.29, 0.717) is 6.61 Å². The lowest BCUT2D eigenvalue weighted by molar-refractivity contribution is -0.137. The summed E-state index contributed by atoms with van der Waals surface area (Å²) in [5.41, 5.74) is 1.65. The van der Waals surface area contributed by atoms with Crippen LogP contribution in [0, 0.1) is 0 Å². The third kappa shape index (κ3) is 4.18. The highest BCUT2D eigenvalue weighted by molar-refractivity contribution is 5.75. The van der Waals surface area contributed by atoms with Gasteiger partial charge in [-0.3, -0.25) is 9.59 Å². The molecule has 0 aromatic heterocycles. The molecule has 0 aliphatic carbocycles. The van der Waals surface area contributed by atoms with Gasteiger partial charge < -0.3 is 15.2 Å². The van der Waals surface area contributed by atoms with Crippen molar-refractivity contribution in [2.24, 2.45) is 0 Å². The summed E-state index contributed by atoms with van der Waals surface area (Å²) in [5, 5.41) is 11.5. The highest BCUT2D eigenvalue weighted by atomic mass is 16.5. The lowest BCUT2D eigenvalue weighted by Crippen LogP contribution is -2.28. The van der Waals surface area contributed by atoms with Crippen LogP contribution in [0.2, 0.25) is 0 Å². The molecule has 0 unspecified atom stereocenters. The van der Waals surface area contributed by atoms with E-state index in [-0.39, 0.29) is 12.3 Å². The molecule has 1 aromatic carbocycles. The van der Waals surface area contributed by atoms with Crippen LogP contribution < -0.4 is 5.32 Å². The maximum absolute atomic E-state index is 11.1. The number of rotatable bonds is 6. The molecule has 1 rings (SSSR count). The number of carbonyl (C=O) groups is 2. The molecule has 1 atom stereocenters. The van der Waals surface area contributed by atoms with Crippen LogP contribution in [-0.4, -0.2) is 24.1 Å². The number of carboxylic acids is 1. The fraction of sp³-hybridized carbons (Fsp3) is 0.385. The Balaban J connectivity index is 3.02. The number of hydrogen-bond acceptors (Lipinski definition) is 3. The van der Waals surface area contributed by atoms with Gasteiger partial charge in [-0.25, -0.2) is 0 Å². The second-order valence-corrected chi connectivity index (χ2v) is 3.98. The Morgan fingerprint density at radius 3 is 2.61 bits per heavy atom. The van der Waals surface area contributed by atoms with E-state index in [2.05, 4.69) is 5.32 Å². The van der Waals surface area contributed by atoms with E-state index in [4.69, 9.17) is 9.84 Å². The number of nitrogens with one attached hydrogen (secondary N) is 1. The summed E-state index contributed by atoms with van der Waals surface area (Å²) in [4.78, 5) is 22.0. The minimum Gasteiger partial charge on any atom is -0.481 e. The van der Waals surface area contributed by atoms with E-state index in [1.807, 2.05) is 18.2 Å². The smallest absolute Gasteiger partial charge is 0.305 e. The van der Waals surface area contributed by atoms with Crippen LogP contribution in [0.15, 0.2) is 24.3 Å². The third-order valence-corrected chi connectivity index (χ3v) is 2.49. The largest absolute Gasteiger partial charge is 0.481 e. The number of amides is 1. The number of hydrogen-bond donors (Lipinski definition) is 2. The predicted molar refractivity (Wildman–Crippen MR) is 66.0 cm³/mol. The molecule has 0 aliphatic rings. The molecule has 2 N–H and O–H groups in total. The first-order valence-electron chi connectivity index (χ1n) is 5.60. The Morgan fingerprint density at radius 2 is 2.06 bits per heavy atom. The number of methoxy groups -OCH3 is 1. The van der Waals surface area contributed by atoms with Crippen LogP contribution in [0.4, 0.5) is 0 Å². The fourth-order valence-corrected chi connectivity index (χ4v) is 1.82. The van der Waals surface area contributed by atoms with Gasteiger partial charge in [0.25, 0.3) is 0 Å². The van der Waals surface area contributed by atoms with Crippen molar-refractivity contribution in [3.05, 3.63) is 35.4 Å². The van der Waals surface area contributed by atoms with Crippen molar-refractivity contribution in [1.29, 1.82) is 0 Å². The third-order valence-electron chi connectivity index (χ3n) is 2.49. The Bertz CT molecular complexity index is 415. The molecule has 0 heterocycles. The molecular formula is C13H17NO4. The molecule has 0 fully saturated rings. The summed E-state index contributed by atoms with van der Waals surface area (Å²) < 4.78 is 5.07. The Hall–Kier alpha value is -1.88. The van der Waals surface area contributed by atoms with Crippen molar-refractivity contribution in [3.8, 4) is 0 Å². The standard InChI is InChI=1S/C13H17NO4/c1-9(15)14-12(7-13(16)17)11-6-4-3-5-10(11)8-18-2/h3-6,12H,7-8H2,1-2H3,(H,14,15)(H,16,17)/t12-/m1/s1. The van der Waals surface area contributed by atoms with E-state index < -0.39 is 12.0 Å². The highest BCUT2D eigenvalue weighted by Crippen LogP contribution is 2.21. The van der Waals surface area contributed by atoms with Gasteiger partial charge in [0.15, 0.2) is 0 Å². The van der Waals surface area contributed by atoms with Crippen molar-refractivity contribution in [2.75, 3.05) is 7.11 Å². The summed E-state index contributed by atoms with van der Waals surface area (Å²) in [5.74, 6) is -1.21. The molecule has 0 aliphatic heterocycles. The van der Waals surface area contributed by atoms with Crippen molar-refractivity contribution in [1.82, 2.24) is 5.32 Å². The quantitative estimate of drug-likeness (QED) is 0.803. The molecule has 5 heteroatoms. The second-order valence-electron chi connectivity index (χ2n) is 3.98. The Kier molecular flexibility index (Phi) is 5.32. The van der Waals surface area contributed by atoms with Gasteiger partial charge in [0.1, 0.15) is 0 Å². The van der Waals surface area contributed by atoms with E-state index in [0.717, 1.165) is 11.1 Å². The molecule has 1 amide bonds. The Labute approximate surface area is 106 Å². The first-order chi connectivity index (χ1) is 8.54. The number of aliphatic carboxylic acids is 1. The zero-order valence-electron chi connectivity index (χ0n) is 10.5. The van der Waals surface area contributed by atoms with Crippen LogP contribution in [0.5, 0.6) is 0 Å². The summed E-state index contributed by atoms with van der Waals surface area (Å²) >= 11 is 0. The van der Waals surface area contributed by atoms with Crippen LogP contribution in [0.25, 0.3) is 0 Å². The maximum atomic E-state index is 11.1. The molecule has 0 bridgehead atoms. The maximum Gasteiger partial charge on any atom is 0.305 e. The van der Waals surface area contributed by atoms with E-state index in [1.165, 1.54) is 6.92 Å². The summed E-state index contributed by atoms with van der Waals surface area (Å²) in [7, 11) is 1.57. The number of benzene rings is 1. The summed E-state index contributed by atoms with van der Waals surface area (Å²) in [6, 6.07) is 6.79. The minimum absolute atomic E-state index is 0.152.